The van der Waals surface area contributed by atoms with E-state index < -0.39 is 0 Å². The molecule has 7 heteroatoms. The number of nitrogens with zero attached hydrogens (tertiary/aromatic N) is 4. The normalized spacial score (nSPS) is 16.6. The fourth-order valence-corrected chi connectivity index (χ4v) is 3.61. The van der Waals surface area contributed by atoms with Gasteiger partial charge in [0.05, 0.1) is 0 Å². The van der Waals surface area contributed by atoms with Crippen LogP contribution in [0.3, 0.4) is 0 Å². The first-order valence-electron chi connectivity index (χ1n) is 10.5. The average Bonchev–Trinajstić information content (AvgIpc) is 3.31. The number of aliphatic imine (C=N–C) groups is 1. The molecule has 0 saturated carbocycles. The lowest BCUT2D eigenvalue weighted by Gasteiger charge is -2.20. The number of imidazole rings is 1. The van der Waals surface area contributed by atoms with Gasteiger partial charge in [0, 0.05) is 56.8 Å². The molecule has 160 valence electrons. The molecule has 1 unspecified atom stereocenters. The zero-order valence-electron chi connectivity index (χ0n) is 17.9. The molecule has 1 saturated heterocycles. The SMILES string of the molecule is CCNC(=NCCCCn1ccnc1C)NC1CCN(c2ccc(C)cc2)C1.I. The molecule has 3 rings (SSSR count). The summed E-state index contributed by atoms with van der Waals surface area (Å²) in [4.78, 5) is 11.5. The van der Waals surface area contributed by atoms with Gasteiger partial charge in [-0.05, 0) is 52.2 Å². The Labute approximate surface area is 192 Å². The number of anilines is 1. The van der Waals surface area contributed by atoms with E-state index in [2.05, 4.69) is 63.2 Å². The van der Waals surface area contributed by atoms with Crippen LogP contribution in [0, 0.1) is 13.8 Å². The average molecular weight is 510 g/mol. The summed E-state index contributed by atoms with van der Waals surface area (Å²) in [6, 6.07) is 9.25. The highest BCUT2D eigenvalue weighted by molar-refractivity contribution is 14.0. The summed E-state index contributed by atoms with van der Waals surface area (Å²) in [6.07, 6.45) is 7.24. The van der Waals surface area contributed by atoms with E-state index in [1.54, 1.807) is 0 Å². The Morgan fingerprint density at radius 2 is 2.00 bits per heavy atom. The second-order valence-electron chi connectivity index (χ2n) is 7.55. The van der Waals surface area contributed by atoms with Crippen LogP contribution in [0.25, 0.3) is 0 Å². The van der Waals surface area contributed by atoms with Crippen molar-refractivity contribution in [3.8, 4) is 0 Å². The van der Waals surface area contributed by atoms with Crippen LogP contribution < -0.4 is 15.5 Å². The van der Waals surface area contributed by atoms with Gasteiger partial charge in [-0.3, -0.25) is 4.99 Å². The zero-order valence-corrected chi connectivity index (χ0v) is 20.2. The smallest absolute Gasteiger partial charge is 0.191 e. The van der Waals surface area contributed by atoms with E-state index >= 15 is 0 Å². The highest BCUT2D eigenvalue weighted by Gasteiger charge is 2.23. The van der Waals surface area contributed by atoms with Crippen LogP contribution in [-0.2, 0) is 6.54 Å². The van der Waals surface area contributed by atoms with E-state index in [0.29, 0.717) is 6.04 Å². The lowest BCUT2D eigenvalue weighted by Crippen LogP contribution is -2.44. The first-order chi connectivity index (χ1) is 13.7. The third-order valence-electron chi connectivity index (χ3n) is 5.27. The monoisotopic (exact) mass is 510 g/mol. The van der Waals surface area contributed by atoms with Crippen LogP contribution in [0.5, 0.6) is 0 Å². The maximum atomic E-state index is 4.78. The number of aromatic nitrogens is 2. The van der Waals surface area contributed by atoms with Crippen LogP contribution in [-0.4, -0.2) is 47.7 Å². The van der Waals surface area contributed by atoms with Crippen molar-refractivity contribution >= 4 is 35.6 Å². The molecular formula is C22H35IN6. The van der Waals surface area contributed by atoms with Crippen LogP contribution >= 0.6 is 24.0 Å². The Morgan fingerprint density at radius 1 is 1.21 bits per heavy atom. The molecular weight excluding hydrogens is 475 g/mol. The highest BCUT2D eigenvalue weighted by Crippen LogP contribution is 2.20. The standard InChI is InChI=1S/C22H34N6.HI/c1-4-23-22(25-12-5-6-14-27-16-13-24-19(27)3)26-20-11-15-28(17-20)21-9-7-18(2)8-10-21;/h7-10,13,16,20H,4-6,11-12,14-15,17H2,1-3H3,(H2,23,25,26);1H. The molecule has 0 spiro atoms. The molecule has 1 atom stereocenters. The van der Waals surface area contributed by atoms with Gasteiger partial charge in [-0.2, -0.15) is 0 Å². The van der Waals surface area contributed by atoms with Crippen molar-refractivity contribution in [2.45, 2.75) is 52.6 Å². The maximum absolute atomic E-state index is 4.78. The van der Waals surface area contributed by atoms with Gasteiger partial charge in [-0.25, -0.2) is 4.98 Å². The first kappa shape index (κ1) is 23.5. The van der Waals surface area contributed by atoms with Gasteiger partial charge >= 0.3 is 0 Å². The van der Waals surface area contributed by atoms with E-state index in [-0.39, 0.29) is 24.0 Å². The van der Waals surface area contributed by atoms with Crippen molar-refractivity contribution in [1.82, 2.24) is 20.2 Å². The number of guanidine groups is 1. The summed E-state index contributed by atoms with van der Waals surface area (Å²) >= 11 is 0. The van der Waals surface area contributed by atoms with Crippen molar-refractivity contribution < 1.29 is 0 Å². The minimum absolute atomic E-state index is 0. The number of aryl methyl sites for hydroxylation is 3. The van der Waals surface area contributed by atoms with Gasteiger partial charge in [0.1, 0.15) is 5.82 Å². The molecule has 1 aliphatic heterocycles. The number of nitrogens with one attached hydrogen (secondary N) is 2. The fraction of sp³-hybridized carbons (Fsp3) is 0.545. The number of benzene rings is 1. The minimum atomic E-state index is 0. The number of hydrogen-bond acceptors (Lipinski definition) is 3. The molecule has 1 aliphatic rings. The molecule has 2 N–H and O–H groups in total. The molecule has 1 aromatic heterocycles. The van der Waals surface area contributed by atoms with Gasteiger partial charge < -0.3 is 20.1 Å². The van der Waals surface area contributed by atoms with Gasteiger partial charge in [-0.15, -0.1) is 24.0 Å². The van der Waals surface area contributed by atoms with Crippen LogP contribution in [0.1, 0.15) is 37.6 Å². The molecule has 1 fully saturated rings. The van der Waals surface area contributed by atoms with Gasteiger partial charge in [-0.1, -0.05) is 17.7 Å². The van der Waals surface area contributed by atoms with Crippen molar-refractivity contribution in [1.29, 1.82) is 0 Å². The van der Waals surface area contributed by atoms with Crippen molar-refractivity contribution in [2.75, 3.05) is 31.1 Å². The largest absolute Gasteiger partial charge is 0.369 e. The Hall–Kier alpha value is -1.77. The predicted molar refractivity (Wildman–Crippen MR) is 133 cm³/mol. The number of hydrogen-bond donors (Lipinski definition) is 2. The van der Waals surface area contributed by atoms with E-state index in [1.165, 1.54) is 11.3 Å². The predicted octanol–water partition coefficient (Wildman–Crippen LogP) is 3.73. The quantitative estimate of drug-likeness (QED) is 0.246. The summed E-state index contributed by atoms with van der Waals surface area (Å²) in [5.74, 6) is 2.02. The molecule has 0 aliphatic carbocycles. The molecule has 2 heterocycles. The Bertz CT molecular complexity index is 755. The Morgan fingerprint density at radius 3 is 2.69 bits per heavy atom. The second-order valence-corrected chi connectivity index (χ2v) is 7.55. The third-order valence-corrected chi connectivity index (χ3v) is 5.27. The summed E-state index contributed by atoms with van der Waals surface area (Å²) in [7, 11) is 0. The van der Waals surface area contributed by atoms with E-state index in [1.807, 2.05) is 19.3 Å². The topological polar surface area (TPSA) is 57.5 Å². The third kappa shape index (κ3) is 7.21. The second kappa shape index (κ2) is 12.0. The maximum Gasteiger partial charge on any atom is 0.191 e. The molecule has 0 amide bonds. The minimum Gasteiger partial charge on any atom is -0.369 e. The van der Waals surface area contributed by atoms with Gasteiger partial charge in [0.2, 0.25) is 0 Å². The van der Waals surface area contributed by atoms with Crippen LogP contribution in [0.15, 0.2) is 41.7 Å². The van der Waals surface area contributed by atoms with Gasteiger partial charge in [0.25, 0.3) is 0 Å². The highest BCUT2D eigenvalue weighted by atomic mass is 127. The molecule has 6 nitrogen and oxygen atoms in total. The zero-order chi connectivity index (χ0) is 19.8. The van der Waals surface area contributed by atoms with Crippen LogP contribution in [0.4, 0.5) is 5.69 Å². The van der Waals surface area contributed by atoms with Crippen molar-refractivity contribution in [3.63, 3.8) is 0 Å². The summed E-state index contributed by atoms with van der Waals surface area (Å²) < 4.78 is 2.20. The van der Waals surface area contributed by atoms with Crippen molar-refractivity contribution in [2.24, 2.45) is 4.99 Å². The van der Waals surface area contributed by atoms with E-state index in [9.17, 15) is 0 Å². The van der Waals surface area contributed by atoms with Crippen LogP contribution in [0.2, 0.25) is 0 Å². The summed E-state index contributed by atoms with van der Waals surface area (Å²) in [6.45, 7) is 11.1. The summed E-state index contributed by atoms with van der Waals surface area (Å²) in [5, 5.41) is 7.01. The molecule has 0 bridgehead atoms. The molecule has 29 heavy (non-hydrogen) atoms. The molecule has 1 aromatic carbocycles. The Kier molecular flexibility index (Phi) is 9.76. The number of rotatable bonds is 8. The van der Waals surface area contributed by atoms with Gasteiger partial charge in [0.15, 0.2) is 5.96 Å². The molecule has 2 aromatic rings. The number of halogens is 1. The lowest BCUT2D eigenvalue weighted by atomic mass is 10.2. The summed E-state index contributed by atoms with van der Waals surface area (Å²) in [5.41, 5.74) is 2.62. The first-order valence-corrected chi connectivity index (χ1v) is 10.5. The van der Waals surface area contributed by atoms with Crippen molar-refractivity contribution in [3.05, 3.63) is 48.0 Å². The Balaban J connectivity index is 0.00000300. The fourth-order valence-electron chi connectivity index (χ4n) is 3.61. The lowest BCUT2D eigenvalue weighted by molar-refractivity contribution is 0.597. The molecule has 0 radical (unpaired) electrons. The van der Waals surface area contributed by atoms with E-state index in [4.69, 9.17) is 4.99 Å². The van der Waals surface area contributed by atoms with E-state index in [0.717, 1.165) is 63.8 Å². The number of unbranched alkanes of at least 4 members (excludes halogenated alkanes) is 1.